The summed E-state index contributed by atoms with van der Waals surface area (Å²) in [5.41, 5.74) is 15.2. The molecule has 0 atom stereocenters. The Morgan fingerprint density at radius 3 is 2.19 bits per heavy atom. The Morgan fingerprint density at radius 1 is 0.938 bits per heavy atom. The maximum Gasteiger partial charge on any atom is 0.174 e. The van der Waals surface area contributed by atoms with E-state index >= 15 is 0 Å². The van der Waals surface area contributed by atoms with Crippen molar-refractivity contribution in [1.29, 1.82) is 10.5 Å². The molecule has 0 aliphatic carbocycles. The first kappa shape index (κ1) is 20.4. The van der Waals surface area contributed by atoms with Gasteiger partial charge in [0.05, 0.1) is 24.2 Å². The molecule has 2 heterocycles. The summed E-state index contributed by atoms with van der Waals surface area (Å²) in [6.45, 7) is 1.97. The monoisotopic (exact) mass is 422 g/mol. The number of nitrogens with two attached hydrogens (primary N) is 2. The Kier molecular flexibility index (Phi) is 5.15. The van der Waals surface area contributed by atoms with E-state index in [9.17, 15) is 10.5 Å². The number of nitrogens with zero attached hydrogens (tertiary/aromatic N) is 6. The molecule has 4 N–H and O–H groups in total. The van der Waals surface area contributed by atoms with Crippen LogP contribution in [0.25, 0.3) is 16.7 Å². The fraction of sp³-hybridized carbons (Fsp3) is 0.0870. The van der Waals surface area contributed by atoms with E-state index < -0.39 is 0 Å². The number of rotatable bonds is 3. The number of nitrogen functional groups attached to an aromatic ring is 2. The zero-order valence-electron chi connectivity index (χ0n) is 17.4. The van der Waals surface area contributed by atoms with Crippen LogP contribution in [0.2, 0.25) is 0 Å². The van der Waals surface area contributed by atoms with Crippen LogP contribution >= 0.6 is 0 Å². The summed E-state index contributed by atoms with van der Waals surface area (Å²) in [6, 6.07) is 18.7. The van der Waals surface area contributed by atoms with E-state index in [2.05, 4.69) is 21.1 Å². The maximum absolute atomic E-state index is 10.0. The van der Waals surface area contributed by atoms with Crippen molar-refractivity contribution in [1.82, 2.24) is 14.8 Å². The molecule has 0 aliphatic rings. The lowest BCUT2D eigenvalue weighted by atomic mass is 10.1. The third-order valence-electron chi connectivity index (χ3n) is 4.91. The van der Waals surface area contributed by atoms with Gasteiger partial charge in [-0.05, 0) is 43.3 Å². The number of benzene rings is 2. The van der Waals surface area contributed by atoms with E-state index in [1.165, 1.54) is 4.68 Å². The summed E-state index contributed by atoms with van der Waals surface area (Å²) < 4.78 is 6.73. The fourth-order valence-corrected chi connectivity index (χ4v) is 3.22. The van der Waals surface area contributed by atoms with Crippen molar-refractivity contribution in [2.24, 2.45) is 4.99 Å². The van der Waals surface area contributed by atoms with Gasteiger partial charge in [-0.3, -0.25) is 0 Å². The molecule has 0 spiro atoms. The second-order valence-corrected chi connectivity index (χ2v) is 6.96. The molecule has 2 aromatic carbocycles. The minimum atomic E-state index is -0.0701. The number of methoxy groups -OCH3 is 1. The quantitative estimate of drug-likeness (QED) is 0.515. The predicted octanol–water partition coefficient (Wildman–Crippen LogP) is 2.88. The summed E-state index contributed by atoms with van der Waals surface area (Å²) in [7, 11) is 1.57. The Balaban J connectivity index is 2.16. The molecular weight excluding hydrogens is 404 g/mol. The van der Waals surface area contributed by atoms with E-state index in [1.807, 2.05) is 37.3 Å². The summed E-state index contributed by atoms with van der Waals surface area (Å²) in [5, 5.41) is 24.1. The summed E-state index contributed by atoms with van der Waals surface area (Å²) in [4.78, 5) is 8.94. The molecule has 0 saturated heterocycles. The average Bonchev–Trinajstić information content (AvgIpc) is 2.80. The number of aromatic nitrogens is 3. The first-order chi connectivity index (χ1) is 15.5. The lowest BCUT2D eigenvalue weighted by Crippen LogP contribution is -2.26. The van der Waals surface area contributed by atoms with Gasteiger partial charge >= 0.3 is 0 Å². The van der Waals surface area contributed by atoms with Gasteiger partial charge in [-0.15, -0.1) is 0 Å². The first-order valence-electron chi connectivity index (χ1n) is 9.54. The molecule has 0 aliphatic heterocycles. The van der Waals surface area contributed by atoms with Crippen LogP contribution in [0, 0.1) is 29.6 Å². The number of nitriles is 2. The third kappa shape index (κ3) is 3.44. The van der Waals surface area contributed by atoms with Crippen molar-refractivity contribution < 1.29 is 4.74 Å². The van der Waals surface area contributed by atoms with Gasteiger partial charge in [-0.1, -0.05) is 17.7 Å². The standard InChI is InChI=1S/C23H18N8O/c1-13-3-5-14(6-4-13)28-23-18(12-25)20-21(19(26)17(11-24)22(27)29-20)30-31(23)15-7-9-16(32-2)10-8-15/h3-10H,26H2,1-2H3,(H2,27,29). The number of hydrogen-bond donors (Lipinski definition) is 2. The molecule has 0 unspecified atom stereocenters. The van der Waals surface area contributed by atoms with E-state index in [0.29, 0.717) is 17.1 Å². The number of pyridine rings is 1. The van der Waals surface area contributed by atoms with E-state index in [0.717, 1.165) is 5.56 Å². The van der Waals surface area contributed by atoms with E-state index in [-0.39, 0.29) is 39.2 Å². The van der Waals surface area contributed by atoms with Gasteiger partial charge in [-0.2, -0.15) is 15.6 Å². The highest BCUT2D eigenvalue weighted by molar-refractivity contribution is 5.94. The molecule has 32 heavy (non-hydrogen) atoms. The van der Waals surface area contributed by atoms with Gasteiger partial charge in [0.1, 0.15) is 45.9 Å². The Morgan fingerprint density at radius 2 is 1.59 bits per heavy atom. The van der Waals surface area contributed by atoms with Gasteiger partial charge in [0.25, 0.3) is 0 Å². The van der Waals surface area contributed by atoms with Crippen molar-refractivity contribution in [2.75, 3.05) is 18.6 Å². The largest absolute Gasteiger partial charge is 0.497 e. The zero-order chi connectivity index (χ0) is 22.8. The van der Waals surface area contributed by atoms with Crippen LogP contribution in [0.1, 0.15) is 16.7 Å². The van der Waals surface area contributed by atoms with Crippen molar-refractivity contribution in [3.05, 3.63) is 70.7 Å². The zero-order valence-corrected chi connectivity index (χ0v) is 17.4. The Hall–Kier alpha value is -4.89. The summed E-state index contributed by atoms with van der Waals surface area (Å²) in [6.07, 6.45) is 0. The molecule has 4 aromatic rings. The van der Waals surface area contributed by atoms with Crippen LogP contribution in [-0.4, -0.2) is 21.9 Å². The summed E-state index contributed by atoms with van der Waals surface area (Å²) in [5.74, 6) is 0.590. The summed E-state index contributed by atoms with van der Waals surface area (Å²) >= 11 is 0. The van der Waals surface area contributed by atoms with E-state index in [1.54, 1.807) is 31.4 Å². The van der Waals surface area contributed by atoms with Gasteiger partial charge < -0.3 is 16.2 Å². The van der Waals surface area contributed by atoms with Gasteiger partial charge in [0.15, 0.2) is 5.49 Å². The highest BCUT2D eigenvalue weighted by Crippen LogP contribution is 2.27. The highest BCUT2D eigenvalue weighted by atomic mass is 16.5. The number of ether oxygens (including phenoxy) is 1. The Labute approximate surface area is 183 Å². The second-order valence-electron chi connectivity index (χ2n) is 6.96. The lowest BCUT2D eigenvalue weighted by Gasteiger charge is -2.13. The van der Waals surface area contributed by atoms with E-state index in [4.69, 9.17) is 16.2 Å². The number of hydrogen-bond acceptors (Lipinski definition) is 8. The molecular formula is C23H18N8O. The molecule has 0 fully saturated rings. The van der Waals surface area contributed by atoms with Crippen LogP contribution in [0.5, 0.6) is 5.75 Å². The van der Waals surface area contributed by atoms with Crippen LogP contribution in [0.15, 0.2) is 53.5 Å². The Bertz CT molecular complexity index is 1490. The first-order valence-corrected chi connectivity index (χ1v) is 9.54. The molecule has 9 heteroatoms. The molecule has 4 rings (SSSR count). The molecule has 2 aromatic heterocycles. The van der Waals surface area contributed by atoms with Crippen LogP contribution in [0.3, 0.4) is 0 Å². The van der Waals surface area contributed by atoms with Gasteiger partial charge in [-0.25, -0.2) is 14.7 Å². The maximum atomic E-state index is 10.0. The number of fused-ring (bicyclic) bond motifs is 1. The normalized spacial score (nSPS) is 11.2. The molecule has 0 radical (unpaired) electrons. The van der Waals surface area contributed by atoms with Crippen LogP contribution in [0.4, 0.5) is 17.2 Å². The topological polar surface area (TPSA) is 152 Å². The van der Waals surface area contributed by atoms with Crippen LogP contribution < -0.4 is 21.7 Å². The minimum absolute atomic E-state index is 0.0124. The van der Waals surface area contributed by atoms with Crippen molar-refractivity contribution in [2.45, 2.75) is 6.92 Å². The van der Waals surface area contributed by atoms with Gasteiger partial charge in [0.2, 0.25) is 0 Å². The van der Waals surface area contributed by atoms with Crippen molar-refractivity contribution in [3.8, 4) is 23.6 Å². The third-order valence-corrected chi connectivity index (χ3v) is 4.91. The number of anilines is 2. The second kappa shape index (κ2) is 8.09. The van der Waals surface area contributed by atoms with Gasteiger partial charge in [0, 0.05) is 0 Å². The predicted molar refractivity (Wildman–Crippen MR) is 120 cm³/mol. The fourth-order valence-electron chi connectivity index (χ4n) is 3.22. The van der Waals surface area contributed by atoms with Crippen molar-refractivity contribution in [3.63, 3.8) is 0 Å². The molecule has 9 nitrogen and oxygen atoms in total. The SMILES string of the molecule is COc1ccc(-n2nc3c(N)c(C#N)c(N)nc3c(C#N)c2=Nc2ccc(C)cc2)cc1. The average molecular weight is 422 g/mol. The molecule has 0 amide bonds. The minimum Gasteiger partial charge on any atom is -0.497 e. The van der Waals surface area contributed by atoms with Crippen LogP contribution in [-0.2, 0) is 0 Å². The molecule has 156 valence electrons. The highest BCUT2D eigenvalue weighted by Gasteiger charge is 2.19. The molecule has 0 saturated carbocycles. The lowest BCUT2D eigenvalue weighted by molar-refractivity contribution is 0.414. The smallest absolute Gasteiger partial charge is 0.174 e. The number of aryl methyl sites for hydroxylation is 1. The van der Waals surface area contributed by atoms with Crippen molar-refractivity contribution >= 4 is 28.2 Å². The molecule has 0 bridgehead atoms.